The van der Waals surface area contributed by atoms with Crippen molar-refractivity contribution in [2.45, 2.75) is 19.4 Å². The summed E-state index contributed by atoms with van der Waals surface area (Å²) in [5.74, 6) is 0.444. The summed E-state index contributed by atoms with van der Waals surface area (Å²) in [6.07, 6.45) is 0. The Hall–Kier alpha value is -1.09. The minimum absolute atomic E-state index is 0.0750. The fourth-order valence-corrected chi connectivity index (χ4v) is 0.867. The first-order valence-corrected chi connectivity index (χ1v) is 4.61. The van der Waals surface area contributed by atoms with Crippen molar-refractivity contribution in [1.82, 2.24) is 5.32 Å². The van der Waals surface area contributed by atoms with Gasteiger partial charge in [-0.2, -0.15) is 0 Å². The van der Waals surface area contributed by atoms with Crippen molar-refractivity contribution < 1.29 is 9.13 Å². The van der Waals surface area contributed by atoms with Crippen LogP contribution >= 0.6 is 0 Å². The number of rotatable bonds is 4. The van der Waals surface area contributed by atoms with Gasteiger partial charge in [0.2, 0.25) is 0 Å². The van der Waals surface area contributed by atoms with Crippen LogP contribution in [0.1, 0.15) is 13.8 Å². The summed E-state index contributed by atoms with van der Waals surface area (Å²) in [5.41, 5.74) is -0.0750. The van der Waals surface area contributed by atoms with Crippen LogP contribution in [0, 0.1) is 5.82 Å². The monoisotopic (exact) mass is 197 g/mol. The fourth-order valence-electron chi connectivity index (χ4n) is 0.867. The quantitative estimate of drug-likeness (QED) is 0.799. The second-order valence-corrected chi connectivity index (χ2v) is 3.88. The Morgan fingerprint density at radius 3 is 2.36 bits per heavy atom. The second-order valence-electron chi connectivity index (χ2n) is 3.88. The summed E-state index contributed by atoms with van der Waals surface area (Å²) in [4.78, 5) is 0. The standard InChI is InChI=1S/C11H16FNO/c1-11(2,13-3)8-14-10-6-4-9(12)5-7-10/h4-7,13H,8H2,1-3H3. The van der Waals surface area contributed by atoms with E-state index in [1.807, 2.05) is 20.9 Å². The molecule has 2 nitrogen and oxygen atoms in total. The third kappa shape index (κ3) is 3.34. The maximum Gasteiger partial charge on any atom is 0.123 e. The molecule has 1 rings (SSSR count). The van der Waals surface area contributed by atoms with Gasteiger partial charge in [-0.25, -0.2) is 4.39 Å². The van der Waals surface area contributed by atoms with Crippen LogP contribution in [0.4, 0.5) is 4.39 Å². The lowest BCUT2D eigenvalue weighted by Gasteiger charge is -2.23. The molecule has 0 amide bonds. The molecule has 0 aliphatic carbocycles. The van der Waals surface area contributed by atoms with E-state index in [2.05, 4.69) is 5.32 Å². The van der Waals surface area contributed by atoms with Crippen LogP contribution in [0.2, 0.25) is 0 Å². The van der Waals surface area contributed by atoms with Gasteiger partial charge in [0.05, 0.1) is 0 Å². The van der Waals surface area contributed by atoms with Crippen molar-refractivity contribution in [1.29, 1.82) is 0 Å². The summed E-state index contributed by atoms with van der Waals surface area (Å²) in [6, 6.07) is 6.03. The van der Waals surface area contributed by atoms with Crippen LogP contribution in [-0.2, 0) is 0 Å². The SMILES string of the molecule is CNC(C)(C)COc1ccc(F)cc1. The van der Waals surface area contributed by atoms with Crippen molar-refractivity contribution >= 4 is 0 Å². The summed E-state index contributed by atoms with van der Waals surface area (Å²) >= 11 is 0. The molecule has 0 aromatic heterocycles. The minimum atomic E-state index is -0.245. The van der Waals surface area contributed by atoms with Gasteiger partial charge in [0.25, 0.3) is 0 Å². The van der Waals surface area contributed by atoms with Crippen LogP contribution in [-0.4, -0.2) is 19.2 Å². The average Bonchev–Trinajstić information content (AvgIpc) is 2.17. The van der Waals surface area contributed by atoms with Gasteiger partial charge in [-0.3, -0.25) is 0 Å². The Morgan fingerprint density at radius 1 is 1.29 bits per heavy atom. The lowest BCUT2D eigenvalue weighted by molar-refractivity contribution is 0.217. The molecule has 3 heteroatoms. The molecular weight excluding hydrogens is 181 g/mol. The van der Waals surface area contributed by atoms with E-state index in [1.54, 1.807) is 12.1 Å². The molecule has 0 bridgehead atoms. The lowest BCUT2D eigenvalue weighted by Crippen LogP contribution is -2.42. The smallest absolute Gasteiger partial charge is 0.123 e. The molecule has 78 valence electrons. The topological polar surface area (TPSA) is 21.3 Å². The molecule has 0 aliphatic heterocycles. The highest BCUT2D eigenvalue weighted by Crippen LogP contribution is 2.13. The Balaban J connectivity index is 2.50. The number of nitrogens with one attached hydrogen (secondary N) is 1. The Bertz CT molecular complexity index is 282. The summed E-state index contributed by atoms with van der Waals surface area (Å²) in [5, 5.41) is 3.12. The second kappa shape index (κ2) is 4.42. The molecule has 1 aromatic rings. The first-order valence-electron chi connectivity index (χ1n) is 4.61. The highest BCUT2D eigenvalue weighted by atomic mass is 19.1. The van der Waals surface area contributed by atoms with Crippen LogP contribution in [0.5, 0.6) is 5.75 Å². The molecule has 14 heavy (non-hydrogen) atoms. The molecule has 1 N–H and O–H groups in total. The van der Waals surface area contributed by atoms with Gasteiger partial charge in [0.1, 0.15) is 18.2 Å². The summed E-state index contributed by atoms with van der Waals surface area (Å²) in [7, 11) is 1.88. The number of ether oxygens (including phenoxy) is 1. The maximum absolute atomic E-state index is 12.6. The Morgan fingerprint density at radius 2 is 1.86 bits per heavy atom. The molecular formula is C11H16FNO. The van der Waals surface area contributed by atoms with Gasteiger partial charge >= 0.3 is 0 Å². The van der Waals surface area contributed by atoms with E-state index in [-0.39, 0.29) is 11.4 Å². The molecule has 0 saturated heterocycles. The van der Waals surface area contributed by atoms with E-state index in [0.29, 0.717) is 12.4 Å². The zero-order valence-corrected chi connectivity index (χ0v) is 8.80. The van der Waals surface area contributed by atoms with E-state index < -0.39 is 0 Å². The molecule has 0 atom stereocenters. The number of likely N-dealkylation sites (N-methyl/N-ethyl adjacent to an activating group) is 1. The molecule has 0 spiro atoms. The summed E-state index contributed by atoms with van der Waals surface area (Å²) in [6.45, 7) is 4.63. The van der Waals surface area contributed by atoms with Gasteiger partial charge in [0.15, 0.2) is 0 Å². The van der Waals surface area contributed by atoms with Crippen molar-refractivity contribution in [2.75, 3.05) is 13.7 Å². The van der Waals surface area contributed by atoms with Gasteiger partial charge in [0, 0.05) is 5.54 Å². The number of benzene rings is 1. The predicted octanol–water partition coefficient (Wildman–Crippen LogP) is 2.20. The van der Waals surface area contributed by atoms with Crippen molar-refractivity contribution in [2.24, 2.45) is 0 Å². The number of hydrogen-bond donors (Lipinski definition) is 1. The fraction of sp³-hybridized carbons (Fsp3) is 0.455. The molecule has 0 saturated carbocycles. The molecule has 0 radical (unpaired) electrons. The molecule has 1 aromatic carbocycles. The van der Waals surface area contributed by atoms with E-state index in [1.165, 1.54) is 12.1 Å². The number of halogens is 1. The van der Waals surface area contributed by atoms with Crippen LogP contribution in [0.15, 0.2) is 24.3 Å². The van der Waals surface area contributed by atoms with Gasteiger partial charge in [-0.05, 0) is 45.2 Å². The predicted molar refractivity (Wildman–Crippen MR) is 55.0 cm³/mol. The third-order valence-electron chi connectivity index (χ3n) is 2.09. The van der Waals surface area contributed by atoms with E-state index in [4.69, 9.17) is 4.74 Å². The molecule has 0 unspecified atom stereocenters. The van der Waals surface area contributed by atoms with Crippen LogP contribution < -0.4 is 10.1 Å². The Labute approximate surface area is 84.1 Å². The highest BCUT2D eigenvalue weighted by molar-refractivity contribution is 5.22. The zero-order chi connectivity index (χ0) is 10.6. The third-order valence-corrected chi connectivity index (χ3v) is 2.09. The molecule has 0 fully saturated rings. The molecule has 0 aliphatic rings. The highest BCUT2D eigenvalue weighted by Gasteiger charge is 2.15. The average molecular weight is 197 g/mol. The largest absolute Gasteiger partial charge is 0.492 e. The van der Waals surface area contributed by atoms with Crippen molar-refractivity contribution in [3.8, 4) is 5.75 Å². The number of hydrogen-bond acceptors (Lipinski definition) is 2. The molecule has 0 heterocycles. The first kappa shape index (κ1) is 11.0. The minimum Gasteiger partial charge on any atom is -0.492 e. The normalized spacial score (nSPS) is 11.4. The first-order chi connectivity index (χ1) is 6.53. The summed E-state index contributed by atoms with van der Waals surface area (Å²) < 4.78 is 18.0. The maximum atomic E-state index is 12.6. The lowest BCUT2D eigenvalue weighted by atomic mass is 10.1. The van der Waals surface area contributed by atoms with Gasteiger partial charge in [-0.15, -0.1) is 0 Å². The van der Waals surface area contributed by atoms with Crippen LogP contribution in [0.3, 0.4) is 0 Å². The van der Waals surface area contributed by atoms with E-state index in [0.717, 1.165) is 0 Å². The zero-order valence-electron chi connectivity index (χ0n) is 8.80. The van der Waals surface area contributed by atoms with Gasteiger partial charge in [-0.1, -0.05) is 0 Å². The van der Waals surface area contributed by atoms with Crippen LogP contribution in [0.25, 0.3) is 0 Å². The van der Waals surface area contributed by atoms with E-state index in [9.17, 15) is 4.39 Å². The van der Waals surface area contributed by atoms with Crippen molar-refractivity contribution in [3.05, 3.63) is 30.1 Å². The Kier molecular flexibility index (Phi) is 3.47. The van der Waals surface area contributed by atoms with Crippen molar-refractivity contribution in [3.63, 3.8) is 0 Å². The van der Waals surface area contributed by atoms with Gasteiger partial charge < -0.3 is 10.1 Å². The van der Waals surface area contributed by atoms with E-state index >= 15 is 0 Å².